The van der Waals surface area contributed by atoms with Gasteiger partial charge in [0.25, 0.3) is 5.91 Å². The Hall–Kier alpha value is -3.81. The van der Waals surface area contributed by atoms with Gasteiger partial charge >= 0.3 is 0 Å². The summed E-state index contributed by atoms with van der Waals surface area (Å²) in [6.45, 7) is 0. The molecule has 0 aliphatic heterocycles. The van der Waals surface area contributed by atoms with Crippen LogP contribution in [-0.2, 0) is 4.79 Å². The van der Waals surface area contributed by atoms with Crippen molar-refractivity contribution in [1.82, 2.24) is 0 Å². The van der Waals surface area contributed by atoms with Crippen LogP contribution in [0.4, 0.5) is 5.69 Å². The number of furan rings is 1. The highest BCUT2D eigenvalue weighted by atomic mass is 35.5. The van der Waals surface area contributed by atoms with Gasteiger partial charge in [-0.2, -0.15) is 5.26 Å². The Morgan fingerprint density at radius 2 is 1.79 bits per heavy atom. The van der Waals surface area contributed by atoms with Crippen LogP contribution in [-0.4, -0.2) is 5.91 Å². The lowest BCUT2D eigenvalue weighted by atomic mass is 10.1. The Bertz CT molecular complexity index is 1280. The maximum absolute atomic E-state index is 12.7. The van der Waals surface area contributed by atoms with E-state index in [1.54, 1.807) is 30.3 Å². The molecule has 0 radical (unpaired) electrons. The molecule has 0 saturated heterocycles. The van der Waals surface area contributed by atoms with Gasteiger partial charge in [-0.15, -0.1) is 0 Å². The molecule has 4 nitrogen and oxygen atoms in total. The number of nitriles is 1. The van der Waals surface area contributed by atoms with Gasteiger partial charge in [0, 0.05) is 27.7 Å². The van der Waals surface area contributed by atoms with Crippen molar-refractivity contribution < 1.29 is 9.21 Å². The molecule has 140 valence electrons. The minimum absolute atomic E-state index is 0.0510. The first-order valence-corrected chi connectivity index (χ1v) is 9.28. The van der Waals surface area contributed by atoms with Crippen molar-refractivity contribution >= 4 is 40.0 Å². The molecule has 1 amide bonds. The first-order valence-electron chi connectivity index (χ1n) is 8.91. The Kier molecular flexibility index (Phi) is 5.15. The van der Waals surface area contributed by atoms with E-state index >= 15 is 0 Å². The molecule has 0 atom stereocenters. The fourth-order valence-corrected chi connectivity index (χ4v) is 3.23. The van der Waals surface area contributed by atoms with Crippen LogP contribution in [0.3, 0.4) is 0 Å². The number of hydrogen-bond acceptors (Lipinski definition) is 3. The zero-order valence-electron chi connectivity index (χ0n) is 15.2. The fourth-order valence-electron chi connectivity index (χ4n) is 3.04. The maximum Gasteiger partial charge on any atom is 0.266 e. The van der Waals surface area contributed by atoms with Crippen LogP contribution in [0.5, 0.6) is 0 Å². The normalized spacial score (nSPS) is 11.2. The summed E-state index contributed by atoms with van der Waals surface area (Å²) in [4.78, 5) is 12.7. The van der Waals surface area contributed by atoms with Gasteiger partial charge in [-0.1, -0.05) is 60.1 Å². The van der Waals surface area contributed by atoms with Gasteiger partial charge < -0.3 is 9.73 Å². The highest BCUT2D eigenvalue weighted by Crippen LogP contribution is 2.26. The van der Waals surface area contributed by atoms with Crippen LogP contribution < -0.4 is 5.32 Å². The topological polar surface area (TPSA) is 66.0 Å². The predicted octanol–water partition coefficient (Wildman–Crippen LogP) is 6.30. The van der Waals surface area contributed by atoms with E-state index in [0.717, 1.165) is 16.3 Å². The molecule has 0 aliphatic carbocycles. The number of nitrogens with zero attached hydrogens (tertiary/aromatic N) is 1. The molecule has 1 aromatic heterocycles. The summed E-state index contributed by atoms with van der Waals surface area (Å²) in [6.07, 6.45) is 1.43. The predicted molar refractivity (Wildman–Crippen MR) is 115 cm³/mol. The molecule has 0 aliphatic rings. The molecule has 5 heteroatoms. The minimum Gasteiger partial charge on any atom is -0.457 e. The fraction of sp³-hybridized carbons (Fsp3) is 0. The number of hydrogen-bond donors (Lipinski definition) is 1. The zero-order chi connectivity index (χ0) is 20.2. The van der Waals surface area contributed by atoms with Crippen LogP contribution in [0, 0.1) is 11.3 Å². The number of carbonyl (C=O) groups excluding carboxylic acids is 1. The zero-order valence-corrected chi connectivity index (χ0v) is 16.0. The lowest BCUT2D eigenvalue weighted by Gasteiger charge is -2.08. The number of rotatable bonds is 4. The van der Waals surface area contributed by atoms with Crippen molar-refractivity contribution in [3.63, 3.8) is 0 Å². The van der Waals surface area contributed by atoms with Gasteiger partial charge in [0.1, 0.15) is 23.2 Å². The van der Waals surface area contributed by atoms with Crippen LogP contribution in [0.2, 0.25) is 5.02 Å². The Morgan fingerprint density at radius 1 is 1.00 bits per heavy atom. The van der Waals surface area contributed by atoms with Crippen molar-refractivity contribution in [2.45, 2.75) is 0 Å². The number of anilines is 1. The molecule has 0 saturated carbocycles. The molecular formula is C24H15ClN2O2. The second-order valence-corrected chi connectivity index (χ2v) is 6.80. The molecular weight excluding hydrogens is 384 g/mol. The second-order valence-electron chi connectivity index (χ2n) is 6.36. The molecule has 3 aromatic carbocycles. The summed E-state index contributed by atoms with van der Waals surface area (Å²) < 4.78 is 5.76. The third kappa shape index (κ3) is 4.06. The van der Waals surface area contributed by atoms with E-state index in [9.17, 15) is 10.1 Å². The third-order valence-corrected chi connectivity index (χ3v) is 4.66. The number of carbonyl (C=O) groups is 1. The molecule has 29 heavy (non-hydrogen) atoms. The number of fused-ring (bicyclic) bond motifs is 1. The molecule has 4 aromatic rings. The van der Waals surface area contributed by atoms with Crippen molar-refractivity contribution in [2.75, 3.05) is 5.32 Å². The average molecular weight is 399 g/mol. The van der Waals surface area contributed by atoms with Crippen LogP contribution in [0.1, 0.15) is 5.76 Å². The van der Waals surface area contributed by atoms with Crippen molar-refractivity contribution in [2.24, 2.45) is 0 Å². The van der Waals surface area contributed by atoms with Crippen LogP contribution in [0.25, 0.3) is 28.2 Å². The van der Waals surface area contributed by atoms with Gasteiger partial charge in [-0.3, -0.25) is 4.79 Å². The molecule has 0 bridgehead atoms. The monoisotopic (exact) mass is 398 g/mol. The van der Waals surface area contributed by atoms with Gasteiger partial charge in [-0.05, 0) is 35.7 Å². The summed E-state index contributed by atoms with van der Waals surface area (Å²) in [6, 6.07) is 26.0. The van der Waals surface area contributed by atoms with Crippen molar-refractivity contribution in [1.29, 1.82) is 5.26 Å². The van der Waals surface area contributed by atoms with E-state index < -0.39 is 5.91 Å². The molecule has 1 heterocycles. The van der Waals surface area contributed by atoms with E-state index in [2.05, 4.69) is 5.32 Å². The minimum atomic E-state index is -0.496. The largest absolute Gasteiger partial charge is 0.457 e. The van der Waals surface area contributed by atoms with E-state index in [-0.39, 0.29) is 5.57 Å². The smallest absolute Gasteiger partial charge is 0.266 e. The quantitative estimate of drug-likeness (QED) is 0.324. The van der Waals surface area contributed by atoms with E-state index in [0.29, 0.717) is 22.2 Å². The first-order chi connectivity index (χ1) is 14.1. The molecule has 0 spiro atoms. The second kappa shape index (κ2) is 8.05. The molecule has 0 unspecified atom stereocenters. The lowest BCUT2D eigenvalue weighted by Crippen LogP contribution is -2.13. The first kappa shape index (κ1) is 18.5. The third-order valence-electron chi connectivity index (χ3n) is 4.43. The van der Waals surface area contributed by atoms with Gasteiger partial charge in [0.05, 0.1) is 0 Å². The van der Waals surface area contributed by atoms with E-state index in [1.807, 2.05) is 54.6 Å². The molecule has 1 N–H and O–H groups in total. The number of halogens is 1. The number of nitrogens with one attached hydrogen (secondary N) is 1. The number of amides is 1. The van der Waals surface area contributed by atoms with E-state index in [1.165, 1.54) is 6.08 Å². The van der Waals surface area contributed by atoms with Gasteiger partial charge in [0.15, 0.2) is 0 Å². The van der Waals surface area contributed by atoms with Crippen molar-refractivity contribution in [3.8, 4) is 17.4 Å². The Labute approximate surface area is 172 Å². The lowest BCUT2D eigenvalue weighted by molar-refractivity contribution is -0.112. The van der Waals surface area contributed by atoms with Crippen LogP contribution >= 0.6 is 11.6 Å². The molecule has 4 rings (SSSR count). The Balaban J connectivity index is 1.59. The number of benzene rings is 3. The van der Waals surface area contributed by atoms with Gasteiger partial charge in [-0.25, -0.2) is 0 Å². The maximum atomic E-state index is 12.7. The summed E-state index contributed by atoms with van der Waals surface area (Å²) in [5.74, 6) is 0.514. The summed E-state index contributed by atoms with van der Waals surface area (Å²) in [5, 5.41) is 14.8. The van der Waals surface area contributed by atoms with E-state index in [4.69, 9.17) is 16.0 Å². The van der Waals surface area contributed by atoms with Gasteiger partial charge in [0.2, 0.25) is 0 Å². The standard InChI is InChI=1S/C24H15ClN2O2/c25-19-8-3-7-17(13-19)23-12-11-20(29-23)14-18(15-26)24(28)27-22-10-4-6-16-5-1-2-9-21(16)22/h1-14H,(H,27,28). The summed E-state index contributed by atoms with van der Waals surface area (Å²) in [5.41, 5.74) is 1.41. The van der Waals surface area contributed by atoms with Crippen LogP contribution in [0.15, 0.2) is 88.9 Å². The summed E-state index contributed by atoms with van der Waals surface area (Å²) >= 11 is 6.02. The highest BCUT2D eigenvalue weighted by molar-refractivity contribution is 6.30. The Morgan fingerprint density at radius 3 is 2.62 bits per heavy atom. The van der Waals surface area contributed by atoms with Crippen molar-refractivity contribution in [3.05, 3.63) is 95.2 Å². The SMILES string of the molecule is N#CC(=Cc1ccc(-c2cccc(Cl)c2)o1)C(=O)Nc1cccc2ccccc12. The average Bonchev–Trinajstić information content (AvgIpc) is 3.21. The highest BCUT2D eigenvalue weighted by Gasteiger charge is 2.13. The summed E-state index contributed by atoms with van der Waals surface area (Å²) in [7, 11) is 0. The molecule has 0 fully saturated rings.